The zero-order valence-electron chi connectivity index (χ0n) is 11.7. The Kier molecular flexibility index (Phi) is 4.41. The Labute approximate surface area is 148 Å². The van der Waals surface area contributed by atoms with Crippen LogP contribution in [0.5, 0.6) is 0 Å². The number of urea groups is 1. The van der Waals surface area contributed by atoms with Gasteiger partial charge in [0.15, 0.2) is 5.13 Å². The second kappa shape index (κ2) is 6.19. The maximum atomic E-state index is 12.3. The molecule has 23 heavy (non-hydrogen) atoms. The van der Waals surface area contributed by atoms with Gasteiger partial charge in [0, 0.05) is 4.70 Å². The maximum absolute atomic E-state index is 12.3. The van der Waals surface area contributed by atoms with E-state index in [0.717, 1.165) is 30.8 Å². The second-order valence-electron chi connectivity index (χ2n) is 4.59. The molecule has 0 bridgehead atoms. The number of amides is 2. The number of thiophene rings is 1. The van der Waals surface area contributed by atoms with E-state index in [9.17, 15) is 13.2 Å². The predicted octanol–water partition coefficient (Wildman–Crippen LogP) is 3.94. The van der Waals surface area contributed by atoms with Crippen LogP contribution in [-0.2, 0) is 10.0 Å². The van der Waals surface area contributed by atoms with Gasteiger partial charge in [-0.25, -0.2) is 22.9 Å². The molecule has 10 heteroatoms. The number of sulfonamides is 1. The Morgan fingerprint density at radius 3 is 2.74 bits per heavy atom. The number of aromatic nitrogens is 1. The molecular formula is C13H10BrN3O3S3. The smallest absolute Gasteiger partial charge is 0.283 e. The summed E-state index contributed by atoms with van der Waals surface area (Å²) in [6.07, 6.45) is 1.52. The molecule has 0 saturated heterocycles. The van der Waals surface area contributed by atoms with Gasteiger partial charge in [-0.1, -0.05) is 29.5 Å². The molecule has 2 N–H and O–H groups in total. The first kappa shape index (κ1) is 16.4. The molecule has 0 saturated carbocycles. The summed E-state index contributed by atoms with van der Waals surface area (Å²) in [5.74, 6) is 0. The van der Waals surface area contributed by atoms with Crippen molar-refractivity contribution in [1.82, 2.24) is 9.71 Å². The lowest BCUT2D eigenvalue weighted by molar-refractivity contribution is 0.256. The van der Waals surface area contributed by atoms with Crippen molar-refractivity contribution < 1.29 is 13.2 Å². The number of nitrogens with zero attached hydrogens (tertiary/aromatic N) is 1. The van der Waals surface area contributed by atoms with Crippen molar-refractivity contribution in [2.45, 2.75) is 11.1 Å². The molecule has 2 amide bonds. The molecule has 0 unspecified atom stereocenters. The molecule has 0 spiro atoms. The molecule has 2 aromatic heterocycles. The summed E-state index contributed by atoms with van der Waals surface area (Å²) in [7, 11) is -3.93. The summed E-state index contributed by atoms with van der Waals surface area (Å²) < 4.78 is 28.4. The van der Waals surface area contributed by atoms with E-state index in [1.165, 1.54) is 17.5 Å². The zero-order chi connectivity index (χ0) is 16.6. The monoisotopic (exact) mass is 431 g/mol. The molecule has 0 fully saturated rings. The van der Waals surface area contributed by atoms with Crippen LogP contribution in [0.2, 0.25) is 0 Å². The highest BCUT2D eigenvalue weighted by Gasteiger charge is 2.21. The molecule has 3 rings (SSSR count). The minimum absolute atomic E-state index is 0.0947. The summed E-state index contributed by atoms with van der Waals surface area (Å²) in [4.78, 5) is 15.8. The van der Waals surface area contributed by atoms with Crippen molar-refractivity contribution in [3.8, 4) is 0 Å². The lowest BCUT2D eigenvalue weighted by Crippen LogP contribution is -2.33. The van der Waals surface area contributed by atoms with Crippen molar-refractivity contribution in [3.63, 3.8) is 0 Å². The third kappa shape index (κ3) is 3.55. The number of halogens is 1. The molecule has 0 radical (unpaired) electrons. The minimum Gasteiger partial charge on any atom is -0.283 e. The van der Waals surface area contributed by atoms with Crippen LogP contribution in [0.3, 0.4) is 0 Å². The quantitative estimate of drug-likeness (QED) is 0.656. The molecule has 0 aliphatic carbocycles. The van der Waals surface area contributed by atoms with Crippen molar-refractivity contribution in [1.29, 1.82) is 0 Å². The van der Waals surface area contributed by atoms with E-state index in [2.05, 4.69) is 26.2 Å². The summed E-state index contributed by atoms with van der Waals surface area (Å²) in [5.41, 5.74) is 0.992. The highest BCUT2D eigenvalue weighted by atomic mass is 79.9. The minimum atomic E-state index is -3.93. The van der Waals surface area contributed by atoms with E-state index < -0.39 is 16.1 Å². The summed E-state index contributed by atoms with van der Waals surface area (Å²) in [6, 6.07) is 6.32. The molecular weight excluding hydrogens is 422 g/mol. The number of carbonyl (C=O) groups is 1. The number of hydrogen-bond donors (Lipinski definition) is 2. The van der Waals surface area contributed by atoms with E-state index >= 15 is 0 Å². The zero-order valence-corrected chi connectivity index (χ0v) is 15.7. The molecule has 0 atom stereocenters. The molecule has 120 valence electrons. The van der Waals surface area contributed by atoms with Crippen LogP contribution >= 0.6 is 38.6 Å². The number of nitrogens with one attached hydrogen (secondary N) is 2. The van der Waals surface area contributed by atoms with Crippen LogP contribution in [0.4, 0.5) is 9.93 Å². The summed E-state index contributed by atoms with van der Waals surface area (Å²) in [5, 5.41) is 3.52. The fourth-order valence-electron chi connectivity index (χ4n) is 1.92. The fraction of sp³-hybridized carbons (Fsp3) is 0.0769. The second-order valence-corrected chi connectivity index (χ2v) is 9.96. The lowest BCUT2D eigenvalue weighted by Gasteiger charge is -2.04. The number of benzene rings is 1. The van der Waals surface area contributed by atoms with Crippen molar-refractivity contribution in [2.24, 2.45) is 0 Å². The van der Waals surface area contributed by atoms with Gasteiger partial charge in [0.25, 0.3) is 10.0 Å². The molecule has 2 heterocycles. The van der Waals surface area contributed by atoms with Crippen LogP contribution < -0.4 is 10.0 Å². The summed E-state index contributed by atoms with van der Waals surface area (Å²) in [6.45, 7) is 1.91. The van der Waals surface area contributed by atoms with Gasteiger partial charge in [0.2, 0.25) is 0 Å². The molecule has 3 aromatic rings. The standard InChI is InChI=1S/C13H10BrN3O3S3/c1-7-3-2-4-8-5-10(22-11(7)8)23(19,20)17-12(18)16-13-15-6-9(14)21-13/h2-6H,1H3,(H2,15,16,17,18). The lowest BCUT2D eigenvalue weighted by atomic mass is 10.2. The third-order valence-electron chi connectivity index (χ3n) is 2.91. The predicted molar refractivity (Wildman–Crippen MR) is 95.7 cm³/mol. The number of fused-ring (bicyclic) bond motifs is 1. The van der Waals surface area contributed by atoms with Gasteiger partial charge in [0.1, 0.15) is 4.21 Å². The number of hydrogen-bond acceptors (Lipinski definition) is 6. The molecule has 0 aliphatic rings. The van der Waals surface area contributed by atoms with Crippen molar-refractivity contribution in [2.75, 3.05) is 5.32 Å². The number of carbonyl (C=O) groups excluding carboxylic acids is 1. The first-order valence-corrected chi connectivity index (χ1v) is 10.2. The molecule has 0 aliphatic heterocycles. The van der Waals surface area contributed by atoms with E-state index in [-0.39, 0.29) is 4.21 Å². The topological polar surface area (TPSA) is 88.2 Å². The molecule has 6 nitrogen and oxygen atoms in total. The van der Waals surface area contributed by atoms with E-state index in [1.54, 1.807) is 6.07 Å². The largest absolute Gasteiger partial charge is 0.334 e. The number of rotatable bonds is 3. The average Bonchev–Trinajstić information content (AvgIpc) is 3.05. The SMILES string of the molecule is Cc1cccc2cc(S(=O)(=O)NC(=O)Nc3ncc(Br)s3)sc12. The van der Waals surface area contributed by atoms with Gasteiger partial charge in [-0.3, -0.25) is 5.32 Å². The summed E-state index contributed by atoms with van der Waals surface area (Å²) >= 11 is 5.53. The fourth-order valence-corrected chi connectivity index (χ4v) is 5.38. The maximum Gasteiger partial charge on any atom is 0.334 e. The Morgan fingerprint density at radius 2 is 2.09 bits per heavy atom. The molecule has 1 aromatic carbocycles. The Hall–Kier alpha value is -1.49. The van der Waals surface area contributed by atoms with Crippen LogP contribution in [0.25, 0.3) is 10.1 Å². The highest BCUT2D eigenvalue weighted by Crippen LogP contribution is 2.31. The third-order valence-corrected chi connectivity index (χ3v) is 7.39. The van der Waals surface area contributed by atoms with Crippen molar-refractivity contribution >= 4 is 69.9 Å². The average molecular weight is 432 g/mol. The van der Waals surface area contributed by atoms with Crippen molar-refractivity contribution in [3.05, 3.63) is 39.8 Å². The number of thiazole rings is 1. The van der Waals surface area contributed by atoms with Gasteiger partial charge >= 0.3 is 6.03 Å². The van der Waals surface area contributed by atoms with Gasteiger partial charge < -0.3 is 0 Å². The van der Waals surface area contributed by atoms with Crippen LogP contribution in [-0.4, -0.2) is 19.4 Å². The first-order valence-electron chi connectivity index (χ1n) is 6.29. The Bertz CT molecular complexity index is 994. The van der Waals surface area contributed by atoms with Gasteiger partial charge in [-0.05, 0) is 39.9 Å². The van der Waals surface area contributed by atoms with Crippen LogP contribution in [0.1, 0.15) is 5.56 Å². The van der Waals surface area contributed by atoms with Crippen LogP contribution in [0, 0.1) is 6.92 Å². The highest BCUT2D eigenvalue weighted by molar-refractivity contribution is 9.11. The van der Waals surface area contributed by atoms with Crippen LogP contribution in [0.15, 0.2) is 38.5 Å². The normalized spacial score (nSPS) is 11.6. The van der Waals surface area contributed by atoms with E-state index in [4.69, 9.17) is 0 Å². The van der Waals surface area contributed by atoms with Gasteiger partial charge in [0.05, 0.1) is 9.98 Å². The van der Waals surface area contributed by atoms with Gasteiger partial charge in [-0.15, -0.1) is 11.3 Å². The van der Waals surface area contributed by atoms with Gasteiger partial charge in [-0.2, -0.15) is 0 Å². The Balaban J connectivity index is 1.82. The first-order chi connectivity index (χ1) is 10.8. The number of anilines is 1. The Morgan fingerprint density at radius 1 is 1.30 bits per heavy atom. The van der Waals surface area contributed by atoms with E-state index in [1.807, 2.05) is 29.8 Å². The van der Waals surface area contributed by atoms with E-state index in [0.29, 0.717) is 5.13 Å². The number of aryl methyl sites for hydroxylation is 1.